The van der Waals surface area contributed by atoms with E-state index in [1.807, 2.05) is 21.1 Å². The summed E-state index contributed by atoms with van der Waals surface area (Å²) < 4.78 is 22.8. The first-order valence-corrected chi connectivity index (χ1v) is 34.4. The highest BCUT2D eigenvalue weighted by atomic mass is 16.7. The third kappa shape index (κ3) is 64.4. The molecule has 9 heteroatoms. The minimum absolute atomic E-state index is 0.148. The number of carboxylic acids is 1. The number of carboxylic acid groups (broad SMARTS) is 1. The second-order valence-electron chi connectivity index (χ2n) is 24.4. The first kappa shape index (κ1) is 78.0. The molecule has 0 heterocycles. The van der Waals surface area contributed by atoms with Gasteiger partial charge in [-0.25, -0.2) is 0 Å². The van der Waals surface area contributed by atoms with Crippen molar-refractivity contribution in [3.8, 4) is 0 Å². The summed E-state index contributed by atoms with van der Waals surface area (Å²) in [6, 6.07) is 0. The fourth-order valence-corrected chi connectivity index (χ4v) is 10.0. The van der Waals surface area contributed by atoms with Gasteiger partial charge in [-0.15, -0.1) is 0 Å². The van der Waals surface area contributed by atoms with Crippen molar-refractivity contribution in [2.75, 3.05) is 47.5 Å². The van der Waals surface area contributed by atoms with Crippen LogP contribution in [-0.2, 0) is 33.3 Å². The number of quaternary nitrogens is 1. The zero-order valence-electron chi connectivity index (χ0n) is 53.9. The van der Waals surface area contributed by atoms with E-state index in [0.717, 1.165) is 70.6 Å². The number of carbonyl (C=O) groups excluding carboxylic acids is 3. The summed E-state index contributed by atoms with van der Waals surface area (Å²) in [5.74, 6) is -2.26. The molecular weight excluding hydrogens is 1010 g/mol. The van der Waals surface area contributed by atoms with Crippen LogP contribution in [0.25, 0.3) is 0 Å². The molecule has 0 amide bonds. The molecule has 472 valence electrons. The van der Waals surface area contributed by atoms with E-state index >= 15 is 0 Å². The van der Waals surface area contributed by atoms with Crippen molar-refractivity contribution in [1.82, 2.24) is 0 Å². The van der Waals surface area contributed by atoms with Crippen LogP contribution in [-0.4, -0.2) is 82.3 Å². The highest BCUT2D eigenvalue weighted by molar-refractivity contribution is 5.70. The molecule has 0 aromatic carbocycles. The van der Waals surface area contributed by atoms with Gasteiger partial charge in [0.15, 0.2) is 12.4 Å². The number of carbonyl (C=O) groups is 3. The molecule has 0 bridgehead atoms. The zero-order chi connectivity index (χ0) is 59.1. The first-order chi connectivity index (χ1) is 39.6. The fourth-order valence-electron chi connectivity index (χ4n) is 10.0. The van der Waals surface area contributed by atoms with Crippen molar-refractivity contribution < 1.29 is 42.9 Å². The van der Waals surface area contributed by atoms with Crippen LogP contribution in [0.2, 0.25) is 0 Å². The summed E-state index contributed by atoms with van der Waals surface area (Å²) in [7, 11) is 5.94. The molecule has 81 heavy (non-hydrogen) atoms. The lowest BCUT2D eigenvalue weighted by molar-refractivity contribution is -0.870. The summed E-state index contributed by atoms with van der Waals surface area (Å²) in [5.41, 5.74) is 0. The Bertz CT molecular complexity index is 1510. The summed E-state index contributed by atoms with van der Waals surface area (Å²) in [6.07, 6.45) is 78.7. The average Bonchev–Trinajstić information content (AvgIpc) is 3.44. The number of likely N-dealkylation sites (N-methyl/N-ethyl adjacent to an activating group) is 1. The Morgan fingerprint density at radius 1 is 0.383 bits per heavy atom. The van der Waals surface area contributed by atoms with E-state index in [1.54, 1.807) is 0 Å². The molecule has 0 saturated heterocycles. The molecule has 0 radical (unpaired) electrons. The van der Waals surface area contributed by atoms with E-state index < -0.39 is 24.3 Å². The van der Waals surface area contributed by atoms with Crippen molar-refractivity contribution in [3.63, 3.8) is 0 Å². The largest absolute Gasteiger partial charge is 0.545 e. The second-order valence-corrected chi connectivity index (χ2v) is 24.4. The average molecular weight is 1140 g/mol. The standard InChI is InChI=1S/C72H131NO8/c1-6-8-10-12-14-16-18-20-22-24-26-28-30-32-34-35-37-39-41-43-45-47-49-51-53-55-57-59-61-63-70(75)81-68(67-80-72(71(76)77)78-65-64-73(3,4)5)66-79-69(74)62-60-58-56-54-52-50-48-46-44-42-40-38-36-33-31-29-27-25-23-21-19-17-15-13-11-9-7-2/h8,10,14,16,20,22,26,28,32,34,68,72H,6-7,9,11-13,15,17-19,21,23-25,27,29-31,33,35-67H2,1-5H3/b10-8-,16-14-,22-20-,28-26-,34-32-. The predicted molar refractivity (Wildman–Crippen MR) is 343 cm³/mol. The number of ether oxygens (including phenoxy) is 4. The fraction of sp³-hybridized carbons (Fsp3) is 0.819. The number of nitrogens with zero attached hydrogens (tertiary/aromatic N) is 1. The van der Waals surface area contributed by atoms with E-state index in [1.165, 1.54) is 218 Å². The van der Waals surface area contributed by atoms with Crippen LogP contribution >= 0.6 is 0 Å². The quantitative estimate of drug-likeness (QED) is 0.0195. The molecule has 0 aromatic heterocycles. The normalized spacial score (nSPS) is 13.0. The maximum Gasteiger partial charge on any atom is 0.306 e. The van der Waals surface area contributed by atoms with Gasteiger partial charge in [0.25, 0.3) is 0 Å². The number of rotatable bonds is 64. The molecule has 2 unspecified atom stereocenters. The molecule has 2 atom stereocenters. The van der Waals surface area contributed by atoms with Gasteiger partial charge < -0.3 is 33.3 Å². The van der Waals surface area contributed by atoms with E-state index in [0.29, 0.717) is 23.9 Å². The van der Waals surface area contributed by atoms with E-state index in [9.17, 15) is 19.5 Å². The molecule has 0 aliphatic heterocycles. The number of allylic oxidation sites excluding steroid dienone is 10. The summed E-state index contributed by atoms with van der Waals surface area (Å²) in [6.45, 7) is 4.69. The van der Waals surface area contributed by atoms with Gasteiger partial charge in [-0.1, -0.05) is 312 Å². The summed E-state index contributed by atoms with van der Waals surface area (Å²) in [5, 5.41) is 11.8. The van der Waals surface area contributed by atoms with Gasteiger partial charge in [0.05, 0.1) is 40.3 Å². The van der Waals surface area contributed by atoms with Crippen molar-refractivity contribution in [1.29, 1.82) is 0 Å². The van der Waals surface area contributed by atoms with Gasteiger partial charge in [-0.05, 0) is 57.8 Å². The van der Waals surface area contributed by atoms with Gasteiger partial charge in [0.1, 0.15) is 13.2 Å². The topological polar surface area (TPSA) is 111 Å². The van der Waals surface area contributed by atoms with Crippen LogP contribution in [0.3, 0.4) is 0 Å². The lowest BCUT2D eigenvalue weighted by Crippen LogP contribution is -2.44. The minimum atomic E-state index is -1.62. The number of aliphatic carboxylic acids is 1. The monoisotopic (exact) mass is 1140 g/mol. The van der Waals surface area contributed by atoms with Crippen LogP contribution in [0.5, 0.6) is 0 Å². The van der Waals surface area contributed by atoms with Crippen LogP contribution in [0.15, 0.2) is 60.8 Å². The Morgan fingerprint density at radius 3 is 1.05 bits per heavy atom. The zero-order valence-corrected chi connectivity index (χ0v) is 53.9. The van der Waals surface area contributed by atoms with Gasteiger partial charge in [0, 0.05) is 12.8 Å². The number of esters is 2. The van der Waals surface area contributed by atoms with Crippen LogP contribution in [0, 0.1) is 0 Å². The van der Waals surface area contributed by atoms with Crippen molar-refractivity contribution in [3.05, 3.63) is 60.8 Å². The molecule has 0 aliphatic carbocycles. The van der Waals surface area contributed by atoms with Crippen molar-refractivity contribution >= 4 is 17.9 Å². The highest BCUT2D eigenvalue weighted by Crippen LogP contribution is 2.18. The minimum Gasteiger partial charge on any atom is -0.545 e. The molecule has 0 saturated carbocycles. The number of hydrogen-bond acceptors (Lipinski definition) is 8. The molecule has 0 aliphatic rings. The Kier molecular flexibility index (Phi) is 60.7. The Hall–Kier alpha value is -3.01. The third-order valence-electron chi connectivity index (χ3n) is 15.3. The van der Waals surface area contributed by atoms with Gasteiger partial charge in [-0.3, -0.25) is 9.59 Å². The highest BCUT2D eigenvalue weighted by Gasteiger charge is 2.22. The Labute approximate surface area is 501 Å². The van der Waals surface area contributed by atoms with Crippen molar-refractivity contribution in [2.45, 2.75) is 334 Å². The predicted octanol–water partition coefficient (Wildman–Crippen LogP) is 19.8. The maximum absolute atomic E-state index is 12.9. The first-order valence-electron chi connectivity index (χ1n) is 34.4. The maximum atomic E-state index is 12.9. The van der Waals surface area contributed by atoms with Crippen LogP contribution in [0.1, 0.15) is 322 Å². The van der Waals surface area contributed by atoms with Gasteiger partial charge >= 0.3 is 11.9 Å². The second kappa shape index (κ2) is 63.0. The molecule has 0 N–H and O–H groups in total. The molecular formula is C72H131NO8. The van der Waals surface area contributed by atoms with E-state index in [4.69, 9.17) is 18.9 Å². The lowest BCUT2D eigenvalue weighted by Gasteiger charge is -2.26. The van der Waals surface area contributed by atoms with Gasteiger partial charge in [-0.2, -0.15) is 0 Å². The Balaban J connectivity index is 4.11. The SMILES string of the molecule is CC/C=C\C/C=C\C/C=C\C/C=C\C/C=C\CCCCCCCCCCCCCCCC(=O)OC(COC(=O)CCCCCCCCCCCCCCCCCCCCCCCCCCCCC)COC(OCC[N+](C)(C)C)C(=O)[O-]. The molecule has 0 spiro atoms. The number of unbranched alkanes of at least 4 members (excludes halogenated alkanes) is 39. The third-order valence-corrected chi connectivity index (χ3v) is 15.3. The van der Waals surface area contributed by atoms with Crippen LogP contribution in [0.4, 0.5) is 0 Å². The molecule has 9 nitrogen and oxygen atoms in total. The van der Waals surface area contributed by atoms with Crippen molar-refractivity contribution in [2.24, 2.45) is 0 Å². The molecule has 0 fully saturated rings. The summed E-state index contributed by atoms with van der Waals surface area (Å²) >= 11 is 0. The van der Waals surface area contributed by atoms with E-state index in [-0.39, 0.29) is 32.2 Å². The number of hydrogen-bond donors (Lipinski definition) is 0. The van der Waals surface area contributed by atoms with Crippen LogP contribution < -0.4 is 5.11 Å². The van der Waals surface area contributed by atoms with E-state index in [2.05, 4.69) is 74.6 Å². The molecule has 0 aromatic rings. The lowest BCUT2D eigenvalue weighted by atomic mass is 10.0. The smallest absolute Gasteiger partial charge is 0.306 e. The Morgan fingerprint density at radius 2 is 0.704 bits per heavy atom. The van der Waals surface area contributed by atoms with Gasteiger partial charge in [0.2, 0.25) is 0 Å². The molecule has 0 rings (SSSR count). The summed E-state index contributed by atoms with van der Waals surface area (Å²) in [4.78, 5) is 37.5.